The van der Waals surface area contributed by atoms with Crippen molar-refractivity contribution >= 4 is 5.97 Å². The lowest BCUT2D eigenvalue weighted by atomic mass is 9.87. The van der Waals surface area contributed by atoms with Gasteiger partial charge in [0.25, 0.3) is 0 Å². The fourth-order valence-corrected chi connectivity index (χ4v) is 3.73. The van der Waals surface area contributed by atoms with Gasteiger partial charge in [-0.25, -0.2) is 0 Å². The largest absolute Gasteiger partial charge is 0.490 e. The molecule has 2 aliphatic rings. The van der Waals surface area contributed by atoms with E-state index in [1.54, 1.807) is 0 Å². The molecule has 0 radical (unpaired) electrons. The van der Waals surface area contributed by atoms with E-state index >= 15 is 0 Å². The van der Waals surface area contributed by atoms with E-state index in [1.807, 2.05) is 24.3 Å². The van der Waals surface area contributed by atoms with E-state index in [0.717, 1.165) is 37.1 Å². The summed E-state index contributed by atoms with van der Waals surface area (Å²) in [4.78, 5) is 13.1. The average Bonchev–Trinajstić information content (AvgIpc) is 2.86. The second-order valence-electron chi connectivity index (χ2n) is 6.37. The van der Waals surface area contributed by atoms with Gasteiger partial charge in [0, 0.05) is 31.6 Å². The summed E-state index contributed by atoms with van der Waals surface area (Å²) >= 11 is 0. The molecule has 0 aromatic heterocycles. The van der Waals surface area contributed by atoms with E-state index in [0.29, 0.717) is 25.0 Å². The minimum absolute atomic E-state index is 0.231. The monoisotopic (exact) mass is 304 g/mol. The first-order chi connectivity index (χ1) is 10.7. The second-order valence-corrected chi connectivity index (χ2v) is 6.37. The Labute approximate surface area is 131 Å². The third kappa shape index (κ3) is 3.42. The van der Waals surface area contributed by atoms with Crippen molar-refractivity contribution in [1.29, 1.82) is 0 Å². The lowest BCUT2D eigenvalue weighted by Gasteiger charge is -2.29. The molecule has 1 aromatic carbocycles. The number of nitrogens with two attached hydrogens (primary N) is 1. The van der Waals surface area contributed by atoms with Crippen LogP contribution in [0.1, 0.15) is 31.2 Å². The lowest BCUT2D eigenvalue weighted by Crippen LogP contribution is -2.32. The first-order valence-electron chi connectivity index (χ1n) is 8.07. The molecular formula is C17H24N2O3. The van der Waals surface area contributed by atoms with E-state index in [-0.39, 0.29) is 12.5 Å². The number of benzene rings is 1. The summed E-state index contributed by atoms with van der Waals surface area (Å²) in [5.74, 6) is 0.709. The summed E-state index contributed by atoms with van der Waals surface area (Å²) in [7, 11) is 0. The molecular weight excluding hydrogens is 280 g/mol. The quantitative estimate of drug-likeness (QED) is 0.839. The number of ether oxygens (including phenoxy) is 1. The number of hydrogen-bond donors (Lipinski definition) is 2. The van der Waals surface area contributed by atoms with Gasteiger partial charge in [0.1, 0.15) is 11.9 Å². The van der Waals surface area contributed by atoms with Gasteiger partial charge in [0.15, 0.2) is 0 Å². The maximum Gasteiger partial charge on any atom is 0.304 e. The lowest BCUT2D eigenvalue weighted by molar-refractivity contribution is -0.137. The molecule has 1 saturated carbocycles. The third-order valence-electron chi connectivity index (χ3n) is 4.93. The molecule has 1 saturated heterocycles. The van der Waals surface area contributed by atoms with Crippen LogP contribution in [0.2, 0.25) is 0 Å². The molecule has 3 N–H and O–H groups in total. The summed E-state index contributed by atoms with van der Waals surface area (Å²) in [6.45, 7) is 2.17. The van der Waals surface area contributed by atoms with E-state index in [4.69, 9.17) is 15.6 Å². The van der Waals surface area contributed by atoms with Gasteiger partial charge in [-0.3, -0.25) is 9.69 Å². The predicted molar refractivity (Wildman–Crippen MR) is 83.7 cm³/mol. The first-order valence-corrected chi connectivity index (χ1v) is 8.07. The van der Waals surface area contributed by atoms with E-state index in [9.17, 15) is 4.79 Å². The third-order valence-corrected chi connectivity index (χ3v) is 4.93. The Morgan fingerprint density at radius 1 is 1.32 bits per heavy atom. The van der Waals surface area contributed by atoms with Crippen LogP contribution in [-0.4, -0.2) is 41.2 Å². The maximum absolute atomic E-state index is 10.7. The number of hydrogen-bond acceptors (Lipinski definition) is 4. The number of nitrogens with zero attached hydrogens (tertiary/aromatic N) is 1. The van der Waals surface area contributed by atoms with Gasteiger partial charge < -0.3 is 15.6 Å². The number of carboxylic acids is 1. The van der Waals surface area contributed by atoms with Crippen molar-refractivity contribution in [2.75, 3.05) is 13.1 Å². The van der Waals surface area contributed by atoms with Gasteiger partial charge in [-0.2, -0.15) is 0 Å². The van der Waals surface area contributed by atoms with Gasteiger partial charge in [-0.05, 0) is 37.0 Å². The topological polar surface area (TPSA) is 75.8 Å². The van der Waals surface area contributed by atoms with Crippen LogP contribution in [0, 0.1) is 5.92 Å². The average molecular weight is 304 g/mol. The van der Waals surface area contributed by atoms with Gasteiger partial charge in [-0.1, -0.05) is 12.1 Å². The maximum atomic E-state index is 10.7. The number of rotatable bonds is 6. The van der Waals surface area contributed by atoms with Gasteiger partial charge in [0.2, 0.25) is 0 Å². The summed E-state index contributed by atoms with van der Waals surface area (Å²) in [5, 5.41) is 8.84. The standard InChI is InChI=1S/C17H24N2O3/c18-10-12-1-4-15(5-2-12)22-16-6-3-14-9-13(16)11-19(14)8-7-17(20)21/h1-2,4-5,13-14,16H,3,6-11,18H2,(H,20,21). The fourth-order valence-electron chi connectivity index (χ4n) is 3.73. The van der Waals surface area contributed by atoms with Crippen molar-refractivity contribution in [3.8, 4) is 5.75 Å². The smallest absolute Gasteiger partial charge is 0.304 e. The Bertz CT molecular complexity index is 517. The molecule has 5 nitrogen and oxygen atoms in total. The van der Waals surface area contributed by atoms with Crippen LogP contribution >= 0.6 is 0 Å². The Balaban J connectivity index is 1.57. The molecule has 3 rings (SSSR count). The van der Waals surface area contributed by atoms with Crippen LogP contribution in [0.25, 0.3) is 0 Å². The zero-order valence-corrected chi connectivity index (χ0v) is 12.8. The van der Waals surface area contributed by atoms with Crippen molar-refractivity contribution < 1.29 is 14.6 Å². The van der Waals surface area contributed by atoms with Crippen LogP contribution in [0.15, 0.2) is 24.3 Å². The molecule has 1 heterocycles. The highest BCUT2D eigenvalue weighted by atomic mass is 16.5. The van der Waals surface area contributed by atoms with Crippen molar-refractivity contribution in [3.63, 3.8) is 0 Å². The van der Waals surface area contributed by atoms with Crippen LogP contribution in [0.4, 0.5) is 0 Å². The zero-order chi connectivity index (χ0) is 15.5. The highest BCUT2D eigenvalue weighted by Gasteiger charge is 2.41. The summed E-state index contributed by atoms with van der Waals surface area (Å²) < 4.78 is 6.18. The minimum atomic E-state index is -0.714. The highest BCUT2D eigenvalue weighted by molar-refractivity contribution is 5.66. The fraction of sp³-hybridized carbons (Fsp3) is 0.588. The van der Waals surface area contributed by atoms with Crippen LogP contribution in [0.3, 0.4) is 0 Å². The normalized spacial score (nSPS) is 27.8. The molecule has 2 fully saturated rings. The Morgan fingerprint density at radius 3 is 2.77 bits per heavy atom. The molecule has 0 spiro atoms. The van der Waals surface area contributed by atoms with Crippen LogP contribution < -0.4 is 10.5 Å². The van der Waals surface area contributed by atoms with E-state index in [2.05, 4.69) is 4.90 Å². The molecule has 5 heteroatoms. The molecule has 1 aliphatic carbocycles. The molecule has 3 unspecified atom stereocenters. The van der Waals surface area contributed by atoms with E-state index in [1.165, 1.54) is 0 Å². The summed E-state index contributed by atoms with van der Waals surface area (Å²) in [6.07, 6.45) is 3.76. The Morgan fingerprint density at radius 2 is 2.09 bits per heavy atom. The SMILES string of the molecule is NCc1ccc(OC2CCC3CC2CN3CCC(=O)O)cc1. The summed E-state index contributed by atoms with van der Waals surface area (Å²) in [5.41, 5.74) is 6.72. The van der Waals surface area contributed by atoms with Crippen molar-refractivity contribution in [2.24, 2.45) is 11.7 Å². The Hall–Kier alpha value is -1.59. The first kappa shape index (κ1) is 15.3. The number of carbonyl (C=O) groups is 1. The van der Waals surface area contributed by atoms with Crippen molar-refractivity contribution in [2.45, 2.75) is 44.4 Å². The molecule has 22 heavy (non-hydrogen) atoms. The number of carboxylic acid groups (broad SMARTS) is 1. The van der Waals surface area contributed by atoms with Crippen LogP contribution in [0.5, 0.6) is 5.75 Å². The molecule has 1 aromatic rings. The number of likely N-dealkylation sites (tertiary alicyclic amines) is 1. The molecule has 3 atom stereocenters. The molecule has 120 valence electrons. The molecule has 0 amide bonds. The molecule has 1 aliphatic heterocycles. The number of aliphatic carboxylic acids is 1. The van der Waals surface area contributed by atoms with Gasteiger partial charge >= 0.3 is 5.97 Å². The van der Waals surface area contributed by atoms with Crippen molar-refractivity contribution in [1.82, 2.24) is 4.90 Å². The number of fused-ring (bicyclic) bond motifs is 2. The molecule has 2 bridgehead atoms. The second kappa shape index (κ2) is 6.67. The van der Waals surface area contributed by atoms with Gasteiger partial charge in [-0.15, -0.1) is 0 Å². The predicted octanol–water partition coefficient (Wildman–Crippen LogP) is 1.85. The zero-order valence-electron chi connectivity index (χ0n) is 12.8. The minimum Gasteiger partial charge on any atom is -0.490 e. The Kier molecular flexibility index (Phi) is 4.64. The summed E-state index contributed by atoms with van der Waals surface area (Å²) in [6, 6.07) is 8.55. The van der Waals surface area contributed by atoms with E-state index < -0.39 is 5.97 Å². The van der Waals surface area contributed by atoms with Crippen molar-refractivity contribution in [3.05, 3.63) is 29.8 Å². The van der Waals surface area contributed by atoms with Gasteiger partial charge in [0.05, 0.1) is 6.42 Å². The highest BCUT2D eigenvalue weighted by Crippen LogP contribution is 2.37. The van der Waals surface area contributed by atoms with Crippen LogP contribution in [-0.2, 0) is 11.3 Å².